The standard InChI is InChI=1S/C12H9F4NO/c13-7-3-1-6(2-4-7)10-9(17)5-8(11(10)18)12(14,15)16/h1-4,8,10,17H,5H2. The van der Waals surface area contributed by atoms with Crippen LogP contribution in [-0.2, 0) is 4.79 Å². The smallest absolute Gasteiger partial charge is 0.309 e. The molecule has 1 saturated carbocycles. The first-order chi connectivity index (χ1) is 8.30. The summed E-state index contributed by atoms with van der Waals surface area (Å²) in [7, 11) is 0. The van der Waals surface area contributed by atoms with Gasteiger partial charge in [-0.3, -0.25) is 4.79 Å². The average Bonchev–Trinajstić information content (AvgIpc) is 2.56. The number of rotatable bonds is 1. The van der Waals surface area contributed by atoms with Crippen LogP contribution in [0, 0.1) is 17.1 Å². The van der Waals surface area contributed by atoms with Crippen LogP contribution >= 0.6 is 0 Å². The van der Waals surface area contributed by atoms with Gasteiger partial charge in [0.05, 0.1) is 5.92 Å². The highest BCUT2D eigenvalue weighted by molar-refractivity contribution is 6.15. The highest BCUT2D eigenvalue weighted by Gasteiger charge is 2.53. The van der Waals surface area contributed by atoms with Crippen molar-refractivity contribution in [2.45, 2.75) is 18.5 Å². The Labute approximate surface area is 100 Å². The lowest BCUT2D eigenvalue weighted by atomic mass is 9.94. The molecule has 0 aromatic heterocycles. The third-order valence-electron chi connectivity index (χ3n) is 3.00. The zero-order valence-electron chi connectivity index (χ0n) is 9.09. The monoisotopic (exact) mass is 259 g/mol. The number of hydrogen-bond donors (Lipinski definition) is 1. The van der Waals surface area contributed by atoms with Crippen LogP contribution in [0.2, 0.25) is 0 Å². The van der Waals surface area contributed by atoms with Crippen molar-refractivity contribution in [3.05, 3.63) is 35.6 Å². The number of benzene rings is 1. The molecule has 2 unspecified atom stereocenters. The number of hydrogen-bond acceptors (Lipinski definition) is 2. The number of carbonyl (C=O) groups is 1. The summed E-state index contributed by atoms with van der Waals surface area (Å²) in [5.74, 6) is -4.88. The van der Waals surface area contributed by atoms with Gasteiger partial charge in [-0.2, -0.15) is 13.2 Å². The molecule has 2 nitrogen and oxygen atoms in total. The quantitative estimate of drug-likeness (QED) is 0.773. The molecule has 1 aromatic carbocycles. The van der Waals surface area contributed by atoms with Gasteiger partial charge in [-0.25, -0.2) is 4.39 Å². The number of Topliss-reactive ketones (excluding diaryl/α,β-unsaturated/α-hetero) is 1. The molecular formula is C12H9F4NO. The van der Waals surface area contributed by atoms with E-state index in [2.05, 4.69) is 0 Å². The number of carbonyl (C=O) groups excluding carboxylic acids is 1. The number of halogens is 4. The Morgan fingerprint density at radius 3 is 2.17 bits per heavy atom. The van der Waals surface area contributed by atoms with Crippen LogP contribution in [0.15, 0.2) is 24.3 Å². The Bertz CT molecular complexity index is 492. The van der Waals surface area contributed by atoms with Gasteiger partial charge in [0.25, 0.3) is 0 Å². The van der Waals surface area contributed by atoms with Crippen molar-refractivity contribution < 1.29 is 22.4 Å². The third kappa shape index (κ3) is 2.14. The second-order valence-electron chi connectivity index (χ2n) is 4.21. The van der Waals surface area contributed by atoms with Crippen LogP contribution in [0.3, 0.4) is 0 Å². The van der Waals surface area contributed by atoms with E-state index < -0.39 is 36.0 Å². The van der Waals surface area contributed by atoms with Gasteiger partial charge < -0.3 is 5.41 Å². The van der Waals surface area contributed by atoms with Gasteiger partial charge in [0.15, 0.2) is 5.78 Å². The molecule has 0 aliphatic heterocycles. The van der Waals surface area contributed by atoms with Crippen molar-refractivity contribution in [1.29, 1.82) is 5.41 Å². The molecule has 1 aliphatic rings. The molecular weight excluding hydrogens is 250 g/mol. The van der Waals surface area contributed by atoms with Crippen LogP contribution in [0.5, 0.6) is 0 Å². The first-order valence-corrected chi connectivity index (χ1v) is 5.24. The SMILES string of the molecule is N=C1CC(C(F)(F)F)C(=O)C1c1ccc(F)cc1. The van der Waals surface area contributed by atoms with Gasteiger partial charge in [-0.15, -0.1) is 0 Å². The highest BCUT2D eigenvalue weighted by atomic mass is 19.4. The van der Waals surface area contributed by atoms with Crippen molar-refractivity contribution in [1.82, 2.24) is 0 Å². The summed E-state index contributed by atoms with van der Waals surface area (Å²) in [4.78, 5) is 11.7. The second-order valence-corrected chi connectivity index (χ2v) is 4.21. The molecule has 1 fully saturated rings. The van der Waals surface area contributed by atoms with E-state index in [1.54, 1.807) is 0 Å². The summed E-state index contributed by atoms with van der Waals surface area (Å²) in [6, 6.07) is 4.62. The van der Waals surface area contributed by atoms with E-state index in [9.17, 15) is 22.4 Å². The molecule has 0 amide bonds. The van der Waals surface area contributed by atoms with E-state index >= 15 is 0 Å². The molecule has 0 saturated heterocycles. The van der Waals surface area contributed by atoms with Gasteiger partial charge in [0.1, 0.15) is 11.7 Å². The number of alkyl halides is 3. The molecule has 0 radical (unpaired) electrons. The fourth-order valence-corrected chi connectivity index (χ4v) is 2.11. The van der Waals surface area contributed by atoms with E-state index in [0.717, 1.165) is 12.1 Å². The maximum absolute atomic E-state index is 12.7. The predicted octanol–water partition coefficient (Wildman–Crippen LogP) is 3.08. The summed E-state index contributed by atoms with van der Waals surface area (Å²) >= 11 is 0. The van der Waals surface area contributed by atoms with Gasteiger partial charge in [0.2, 0.25) is 0 Å². The van der Waals surface area contributed by atoms with E-state index in [0.29, 0.717) is 0 Å². The molecule has 2 atom stereocenters. The predicted molar refractivity (Wildman–Crippen MR) is 56.0 cm³/mol. The molecule has 1 aromatic rings. The Balaban J connectivity index is 2.33. The Kier molecular flexibility index (Phi) is 2.96. The normalized spacial score (nSPS) is 24.7. The summed E-state index contributed by atoms with van der Waals surface area (Å²) < 4.78 is 50.4. The molecule has 0 spiro atoms. The average molecular weight is 259 g/mol. The first-order valence-electron chi connectivity index (χ1n) is 5.24. The van der Waals surface area contributed by atoms with Crippen molar-refractivity contribution in [3.8, 4) is 0 Å². The van der Waals surface area contributed by atoms with Gasteiger partial charge in [-0.1, -0.05) is 12.1 Å². The van der Waals surface area contributed by atoms with Gasteiger partial charge in [-0.05, 0) is 17.7 Å². The van der Waals surface area contributed by atoms with Crippen LogP contribution in [-0.4, -0.2) is 17.7 Å². The minimum atomic E-state index is -4.63. The van der Waals surface area contributed by atoms with E-state index in [1.165, 1.54) is 12.1 Å². The summed E-state index contributed by atoms with van der Waals surface area (Å²) in [5.41, 5.74) is -0.0351. The van der Waals surface area contributed by atoms with Crippen LogP contribution in [0.1, 0.15) is 17.9 Å². The summed E-state index contributed by atoms with van der Waals surface area (Å²) in [6.07, 6.45) is -5.23. The zero-order valence-corrected chi connectivity index (χ0v) is 9.09. The van der Waals surface area contributed by atoms with Crippen LogP contribution < -0.4 is 0 Å². The Hall–Kier alpha value is -1.72. The minimum Gasteiger partial charge on any atom is -0.309 e. The van der Waals surface area contributed by atoms with Gasteiger partial charge >= 0.3 is 6.18 Å². The summed E-state index contributed by atoms with van der Waals surface area (Å²) in [5, 5.41) is 7.52. The van der Waals surface area contributed by atoms with Crippen molar-refractivity contribution in [3.63, 3.8) is 0 Å². The third-order valence-corrected chi connectivity index (χ3v) is 3.00. The molecule has 96 valence electrons. The Morgan fingerprint density at radius 1 is 1.17 bits per heavy atom. The lowest BCUT2D eigenvalue weighted by Crippen LogP contribution is -2.28. The number of ketones is 1. The molecule has 6 heteroatoms. The lowest BCUT2D eigenvalue weighted by Gasteiger charge is -2.13. The minimum absolute atomic E-state index is 0.234. The first kappa shape index (κ1) is 12.7. The van der Waals surface area contributed by atoms with Crippen molar-refractivity contribution in [2.24, 2.45) is 5.92 Å². The van der Waals surface area contributed by atoms with Crippen LogP contribution in [0.25, 0.3) is 0 Å². The maximum atomic E-state index is 12.7. The van der Waals surface area contributed by atoms with E-state index in [1.807, 2.05) is 0 Å². The summed E-state index contributed by atoms with van der Waals surface area (Å²) in [6.45, 7) is 0. The maximum Gasteiger partial charge on any atom is 0.399 e. The largest absolute Gasteiger partial charge is 0.399 e. The van der Waals surface area contributed by atoms with Crippen molar-refractivity contribution in [2.75, 3.05) is 0 Å². The molecule has 1 aliphatic carbocycles. The Morgan fingerprint density at radius 2 is 1.72 bits per heavy atom. The number of nitrogens with one attached hydrogen (secondary N) is 1. The van der Waals surface area contributed by atoms with Crippen LogP contribution in [0.4, 0.5) is 17.6 Å². The molecule has 18 heavy (non-hydrogen) atoms. The molecule has 2 rings (SSSR count). The fraction of sp³-hybridized carbons (Fsp3) is 0.333. The zero-order chi connectivity index (χ0) is 13.5. The van der Waals surface area contributed by atoms with E-state index in [-0.39, 0.29) is 11.3 Å². The molecule has 0 bridgehead atoms. The molecule has 1 N–H and O–H groups in total. The fourth-order valence-electron chi connectivity index (χ4n) is 2.11. The highest BCUT2D eigenvalue weighted by Crippen LogP contribution is 2.41. The lowest BCUT2D eigenvalue weighted by molar-refractivity contribution is -0.177. The van der Waals surface area contributed by atoms with Gasteiger partial charge in [0, 0.05) is 12.1 Å². The van der Waals surface area contributed by atoms with E-state index in [4.69, 9.17) is 5.41 Å². The second kappa shape index (κ2) is 4.19. The topological polar surface area (TPSA) is 40.9 Å². The van der Waals surface area contributed by atoms with Crippen molar-refractivity contribution >= 4 is 11.5 Å². The molecule has 0 heterocycles.